The Labute approximate surface area is 453 Å². The minimum absolute atomic E-state index is 0.0539. The predicted molar refractivity (Wildman–Crippen MR) is 288 cm³/mol. The summed E-state index contributed by atoms with van der Waals surface area (Å²) in [5.74, 6) is -10.2. The van der Waals surface area contributed by atoms with Crippen LogP contribution < -0.4 is 65.1 Å². The predicted octanol–water partition coefficient (Wildman–Crippen LogP) is -1.60. The fourth-order valence-electron chi connectivity index (χ4n) is 8.43. The van der Waals surface area contributed by atoms with E-state index in [0.29, 0.717) is 12.0 Å². The van der Waals surface area contributed by atoms with E-state index in [-0.39, 0.29) is 70.0 Å². The molecule has 0 radical (unpaired) electrons. The second-order valence-electron chi connectivity index (χ2n) is 21.4. The largest absolute Gasteiger partial charge is 0.460 e. The molecule has 1 aliphatic rings. The van der Waals surface area contributed by atoms with Crippen LogP contribution in [0.2, 0.25) is 0 Å². The molecule has 1 heterocycles. The van der Waals surface area contributed by atoms with Gasteiger partial charge in [-0.3, -0.25) is 43.2 Å². The molecule has 0 saturated carbocycles. The molecule has 16 N–H and O–H groups in total. The van der Waals surface area contributed by atoms with E-state index in [1.807, 2.05) is 13.8 Å². The molecule has 0 aliphatic carbocycles. The van der Waals surface area contributed by atoms with Crippen molar-refractivity contribution in [3.63, 3.8) is 0 Å². The number of esters is 1. The molecular weight excluding hydrogens is 997 g/mol. The number of hydrogen-bond donors (Lipinski definition) is 13. The van der Waals surface area contributed by atoms with Gasteiger partial charge in [-0.15, -0.1) is 0 Å². The van der Waals surface area contributed by atoms with Crippen LogP contribution in [0.1, 0.15) is 120 Å². The Kier molecular flexibility index (Phi) is 29.4. The highest BCUT2D eigenvalue weighted by molar-refractivity contribution is 5.98. The van der Waals surface area contributed by atoms with Gasteiger partial charge in [-0.1, -0.05) is 106 Å². The summed E-state index contributed by atoms with van der Waals surface area (Å²) < 4.78 is 5.76. The lowest BCUT2D eigenvalue weighted by atomic mass is 9.98. The number of nitrogens with one attached hydrogen (secondary N) is 9. The van der Waals surface area contributed by atoms with E-state index >= 15 is 0 Å². The molecule has 0 aromatic heterocycles. The first kappa shape index (κ1) is 66.9. The average molecular weight is 1090 g/mol. The molecule has 0 bridgehead atoms. The molecule has 1 aliphatic heterocycles. The van der Waals surface area contributed by atoms with Gasteiger partial charge in [-0.05, 0) is 86.9 Å². The molecule has 1 aromatic rings. The fraction of sp³-hybridized carbons (Fsp3) is 0.698. The Bertz CT molecular complexity index is 2110. The number of aliphatic hydroxyl groups is 1. The number of rotatable bonds is 17. The van der Waals surface area contributed by atoms with Crippen molar-refractivity contribution >= 4 is 59.1 Å². The molecule has 2 rings (SSSR count). The molecule has 434 valence electrons. The van der Waals surface area contributed by atoms with Gasteiger partial charge in [-0.25, -0.2) is 4.79 Å². The van der Waals surface area contributed by atoms with Crippen LogP contribution >= 0.6 is 0 Å². The molecule has 24 heteroatoms. The van der Waals surface area contributed by atoms with Gasteiger partial charge < -0.3 is 74.9 Å². The van der Waals surface area contributed by atoms with Crippen LogP contribution in [0.25, 0.3) is 0 Å². The normalized spacial score (nSPS) is 26.5. The third-order valence-corrected chi connectivity index (χ3v) is 13.1. The van der Waals surface area contributed by atoms with Gasteiger partial charge >= 0.3 is 5.97 Å². The number of benzene rings is 1. The summed E-state index contributed by atoms with van der Waals surface area (Å²) in [6, 6.07) is -3.30. The standard InChI is InChI=1S/C53H90N12O12/c1-11-32(10)41-26-42(67)57-34(17-20-54)46(69)64-43(30(6)7)51(74)59-35(18-21-55)45(68)61-39(25-33-15-13-12-14-16-33)50(73)60-37(23-28(2)3)48(71)58-36(19-22-56)47(70)65-44(31(8)9)52(75)62-38(24-29(4)5)49(72)63-40(27-66)53(76)77-41/h12-16,28-32,34-41,43-44,66H,11,17-27,54-56H2,1-10H3,(H,57,67)(H,58,71)(H,59,74)(H,60,73)(H,61,68)(H,62,75)(H,63,72)(H,64,69)(H,65,70)/t32-,34-,35-,36-,37-,38-,39+,40-,41+,43-,44+/m0/s1. The number of nitrogens with two attached hydrogens (primary N) is 3. The maximum Gasteiger partial charge on any atom is 0.331 e. The van der Waals surface area contributed by atoms with E-state index in [1.54, 1.807) is 85.7 Å². The van der Waals surface area contributed by atoms with E-state index in [4.69, 9.17) is 21.9 Å². The maximum absolute atomic E-state index is 14.4. The van der Waals surface area contributed by atoms with E-state index in [2.05, 4.69) is 47.9 Å². The smallest absolute Gasteiger partial charge is 0.331 e. The summed E-state index contributed by atoms with van der Waals surface area (Å²) in [6.45, 7) is 16.1. The topological polar surface area (TPSA) is 386 Å². The molecule has 11 atom stereocenters. The average Bonchev–Trinajstić information content (AvgIpc) is 3.36. The number of aliphatic hydroxyl groups excluding tert-OH is 1. The SMILES string of the molecule is CC[C@H](C)[C@H]1CC(=O)N[C@@H](CCN)C(=O)N[C@@H](C(C)C)C(=O)N[C@@H](CCN)C(=O)N[C@H](Cc2ccccc2)C(=O)N[C@@H](CC(C)C)C(=O)N[C@@H](CCN)C(=O)N[C@H](C(C)C)C(=O)N[C@@H](CC(C)C)C(=O)N[C@@H](CO)C(=O)O1. The molecule has 9 amide bonds. The minimum Gasteiger partial charge on any atom is -0.460 e. The van der Waals surface area contributed by atoms with Crippen molar-refractivity contribution in [1.29, 1.82) is 0 Å². The fourth-order valence-corrected chi connectivity index (χ4v) is 8.43. The Hall–Kier alpha value is -6.24. The minimum atomic E-state index is -1.65. The van der Waals surface area contributed by atoms with Gasteiger partial charge in [0, 0.05) is 6.42 Å². The van der Waals surface area contributed by atoms with E-state index in [1.165, 1.54) is 0 Å². The van der Waals surface area contributed by atoms with Crippen LogP contribution in [0.15, 0.2) is 30.3 Å². The summed E-state index contributed by atoms with van der Waals surface area (Å²) >= 11 is 0. The van der Waals surface area contributed by atoms with Crippen molar-refractivity contribution in [2.45, 2.75) is 181 Å². The molecule has 24 nitrogen and oxygen atoms in total. The summed E-state index contributed by atoms with van der Waals surface area (Å²) in [5.41, 5.74) is 18.4. The zero-order chi connectivity index (χ0) is 58.1. The highest BCUT2D eigenvalue weighted by atomic mass is 16.5. The van der Waals surface area contributed by atoms with E-state index in [9.17, 15) is 53.1 Å². The Morgan fingerprint density at radius 3 is 1.27 bits per heavy atom. The van der Waals surface area contributed by atoms with Crippen molar-refractivity contribution < 1.29 is 57.8 Å². The maximum atomic E-state index is 14.4. The third-order valence-electron chi connectivity index (χ3n) is 13.1. The number of ether oxygens (including phenoxy) is 1. The summed E-state index contributed by atoms with van der Waals surface area (Å²) in [7, 11) is 0. The van der Waals surface area contributed by atoms with E-state index in [0.717, 1.165) is 0 Å². The number of carbonyl (C=O) groups is 10. The van der Waals surface area contributed by atoms with Gasteiger partial charge in [0.15, 0.2) is 6.04 Å². The van der Waals surface area contributed by atoms with Gasteiger partial charge in [0.05, 0.1) is 13.0 Å². The number of cyclic esters (lactones) is 1. The lowest BCUT2D eigenvalue weighted by Crippen LogP contribution is -2.61. The van der Waals surface area contributed by atoms with Crippen LogP contribution in [0.4, 0.5) is 0 Å². The lowest BCUT2D eigenvalue weighted by molar-refractivity contribution is -0.158. The number of carbonyl (C=O) groups excluding carboxylic acids is 10. The lowest BCUT2D eigenvalue weighted by Gasteiger charge is -2.30. The Balaban J connectivity index is 2.80. The highest BCUT2D eigenvalue weighted by Gasteiger charge is 2.38. The van der Waals surface area contributed by atoms with Crippen LogP contribution in [0.5, 0.6) is 0 Å². The number of hydrogen-bond acceptors (Lipinski definition) is 15. The van der Waals surface area contributed by atoms with Crippen molar-refractivity contribution in [3.05, 3.63) is 35.9 Å². The highest BCUT2D eigenvalue weighted by Crippen LogP contribution is 2.18. The second-order valence-corrected chi connectivity index (χ2v) is 21.4. The van der Waals surface area contributed by atoms with Crippen molar-refractivity contribution in [3.8, 4) is 0 Å². The summed E-state index contributed by atoms with van der Waals surface area (Å²) in [6.07, 6.45) is -1.38. The van der Waals surface area contributed by atoms with Crippen LogP contribution in [-0.4, -0.2) is 151 Å². The molecule has 0 spiro atoms. The zero-order valence-corrected chi connectivity index (χ0v) is 46.7. The zero-order valence-electron chi connectivity index (χ0n) is 46.7. The monoisotopic (exact) mass is 1090 g/mol. The van der Waals surface area contributed by atoms with E-state index < -0.39 is 150 Å². The molecule has 1 saturated heterocycles. The quantitative estimate of drug-likeness (QED) is 0.0782. The first-order valence-corrected chi connectivity index (χ1v) is 27.0. The van der Waals surface area contributed by atoms with Gasteiger partial charge in [0.2, 0.25) is 53.2 Å². The Morgan fingerprint density at radius 2 is 0.857 bits per heavy atom. The van der Waals surface area contributed by atoms with Crippen molar-refractivity contribution in [2.75, 3.05) is 26.2 Å². The van der Waals surface area contributed by atoms with Crippen LogP contribution in [0, 0.1) is 29.6 Å². The van der Waals surface area contributed by atoms with Crippen molar-refractivity contribution in [1.82, 2.24) is 47.9 Å². The first-order chi connectivity index (χ1) is 36.3. The molecular formula is C53H90N12O12. The van der Waals surface area contributed by atoms with Gasteiger partial charge in [-0.2, -0.15) is 0 Å². The van der Waals surface area contributed by atoms with Crippen LogP contribution in [0.3, 0.4) is 0 Å². The molecule has 0 unspecified atom stereocenters. The van der Waals surface area contributed by atoms with Crippen molar-refractivity contribution in [2.24, 2.45) is 46.8 Å². The third kappa shape index (κ3) is 22.7. The van der Waals surface area contributed by atoms with Gasteiger partial charge in [0.25, 0.3) is 0 Å². The van der Waals surface area contributed by atoms with Gasteiger partial charge in [0.1, 0.15) is 54.4 Å². The first-order valence-electron chi connectivity index (χ1n) is 27.0. The summed E-state index contributed by atoms with van der Waals surface area (Å²) in [5, 5.41) is 34.3. The Morgan fingerprint density at radius 1 is 0.494 bits per heavy atom. The summed E-state index contributed by atoms with van der Waals surface area (Å²) in [4.78, 5) is 141. The molecule has 1 fully saturated rings. The van der Waals surface area contributed by atoms with Crippen LogP contribution in [-0.2, 0) is 59.1 Å². The second kappa shape index (κ2) is 33.8. The molecule has 77 heavy (non-hydrogen) atoms. The number of amides is 9. The molecule has 1 aromatic carbocycles.